The molecule has 0 aliphatic rings. The molecule has 0 fully saturated rings. The zero-order valence-electron chi connectivity index (χ0n) is 9.75. The highest BCUT2D eigenvalue weighted by molar-refractivity contribution is 7.86. The van der Waals surface area contributed by atoms with Crippen LogP contribution in [-0.4, -0.2) is 13.0 Å². The van der Waals surface area contributed by atoms with Gasteiger partial charge in [-0.2, -0.15) is 8.42 Å². The Balaban J connectivity index is 0.000000199. The number of rotatable bonds is 1. The molecule has 2 rings (SSSR count). The summed E-state index contributed by atoms with van der Waals surface area (Å²) in [6.45, 7) is 2.08. The first kappa shape index (κ1) is 14.7. The zero-order chi connectivity index (χ0) is 13.6. The third kappa shape index (κ3) is 4.87. The first-order chi connectivity index (χ1) is 8.41. The third-order valence-electron chi connectivity index (χ3n) is 2.06. The second-order valence-electron chi connectivity index (χ2n) is 3.56. The molecule has 96 valence electrons. The van der Waals surface area contributed by atoms with Gasteiger partial charge in [0.1, 0.15) is 4.90 Å². The summed E-state index contributed by atoms with van der Waals surface area (Å²) in [6.07, 6.45) is 0. The molecule has 5 heteroatoms. The maximum absolute atomic E-state index is 10.5. The maximum Gasteiger partial charge on any atom is 0.296 e. The molecule has 0 amide bonds. The largest absolute Gasteiger partial charge is 0.296 e. The highest BCUT2D eigenvalue weighted by Crippen LogP contribution is 2.19. The number of hydrogen-bond donors (Lipinski definition) is 1. The summed E-state index contributed by atoms with van der Waals surface area (Å²) < 4.78 is 29.6. The van der Waals surface area contributed by atoms with Gasteiger partial charge in [-0.25, -0.2) is 0 Å². The van der Waals surface area contributed by atoms with Crippen molar-refractivity contribution in [1.82, 2.24) is 0 Å². The molecule has 0 heterocycles. The van der Waals surface area contributed by atoms with Gasteiger partial charge in [-0.15, -0.1) is 0 Å². The number of halogens is 1. The van der Waals surface area contributed by atoms with Crippen molar-refractivity contribution in [2.75, 3.05) is 0 Å². The van der Waals surface area contributed by atoms with Gasteiger partial charge in [0.25, 0.3) is 10.1 Å². The molecule has 0 aliphatic heterocycles. The Morgan fingerprint density at radius 3 is 1.78 bits per heavy atom. The minimum absolute atomic E-state index is 0.0231. The van der Waals surface area contributed by atoms with E-state index in [2.05, 4.69) is 19.1 Å². The summed E-state index contributed by atoms with van der Waals surface area (Å²) in [6, 6.07) is 16.0. The van der Waals surface area contributed by atoms with Crippen LogP contribution in [0.15, 0.2) is 59.5 Å². The second kappa shape index (κ2) is 6.54. The fraction of sp³-hybridized carbons (Fsp3) is 0.0769. The molecular formula is C13H13ClO3S. The average Bonchev–Trinajstić information content (AvgIpc) is 2.30. The average molecular weight is 285 g/mol. The van der Waals surface area contributed by atoms with Crippen LogP contribution in [-0.2, 0) is 10.1 Å². The van der Waals surface area contributed by atoms with Crippen LogP contribution in [0.1, 0.15) is 5.56 Å². The maximum atomic E-state index is 10.5. The molecule has 2 aromatic carbocycles. The molecule has 3 nitrogen and oxygen atoms in total. The SMILES string of the molecule is Cc1ccccc1.O=S(=O)(O)c1ccccc1Cl. The molecule has 0 radical (unpaired) electrons. The molecule has 0 spiro atoms. The van der Waals surface area contributed by atoms with Crippen molar-refractivity contribution < 1.29 is 13.0 Å². The Kier molecular flexibility index (Phi) is 5.34. The minimum atomic E-state index is -4.17. The quantitative estimate of drug-likeness (QED) is 0.814. The van der Waals surface area contributed by atoms with Crippen molar-refractivity contribution in [1.29, 1.82) is 0 Å². The van der Waals surface area contributed by atoms with E-state index in [9.17, 15) is 8.42 Å². The Morgan fingerprint density at radius 1 is 0.944 bits per heavy atom. The lowest BCUT2D eigenvalue weighted by Crippen LogP contribution is -1.97. The van der Waals surface area contributed by atoms with E-state index < -0.39 is 10.1 Å². The van der Waals surface area contributed by atoms with Crippen LogP contribution in [0.25, 0.3) is 0 Å². The van der Waals surface area contributed by atoms with E-state index in [4.69, 9.17) is 16.2 Å². The van der Waals surface area contributed by atoms with Crippen LogP contribution in [0.3, 0.4) is 0 Å². The lowest BCUT2D eigenvalue weighted by Gasteiger charge is -1.97. The predicted molar refractivity (Wildman–Crippen MR) is 72.4 cm³/mol. The highest BCUT2D eigenvalue weighted by atomic mass is 35.5. The van der Waals surface area contributed by atoms with E-state index in [1.807, 2.05) is 18.2 Å². The summed E-state index contributed by atoms with van der Waals surface area (Å²) in [5.41, 5.74) is 1.32. The van der Waals surface area contributed by atoms with Crippen molar-refractivity contribution >= 4 is 21.7 Å². The van der Waals surface area contributed by atoms with E-state index in [-0.39, 0.29) is 9.92 Å². The summed E-state index contributed by atoms with van der Waals surface area (Å²) in [5.74, 6) is 0. The van der Waals surface area contributed by atoms with Crippen molar-refractivity contribution in [3.05, 3.63) is 65.2 Å². The fourth-order valence-electron chi connectivity index (χ4n) is 1.19. The normalized spacial score (nSPS) is 10.4. The fourth-order valence-corrected chi connectivity index (χ4v) is 2.18. The smallest absolute Gasteiger partial charge is 0.282 e. The van der Waals surface area contributed by atoms with Gasteiger partial charge in [0.15, 0.2) is 0 Å². The Hall–Kier alpha value is -1.36. The summed E-state index contributed by atoms with van der Waals surface area (Å²) in [5, 5.41) is 0.0231. The lowest BCUT2D eigenvalue weighted by atomic mass is 10.2. The summed E-state index contributed by atoms with van der Waals surface area (Å²) in [4.78, 5) is -0.262. The zero-order valence-corrected chi connectivity index (χ0v) is 11.3. The van der Waals surface area contributed by atoms with Crippen molar-refractivity contribution in [3.8, 4) is 0 Å². The van der Waals surface area contributed by atoms with Crippen LogP contribution < -0.4 is 0 Å². The highest BCUT2D eigenvalue weighted by Gasteiger charge is 2.12. The van der Waals surface area contributed by atoms with Gasteiger partial charge in [-0.05, 0) is 19.1 Å². The van der Waals surface area contributed by atoms with Gasteiger partial charge in [0, 0.05) is 0 Å². The van der Waals surface area contributed by atoms with Gasteiger partial charge < -0.3 is 0 Å². The van der Waals surface area contributed by atoms with Gasteiger partial charge in [-0.3, -0.25) is 4.55 Å². The molecule has 18 heavy (non-hydrogen) atoms. The van der Waals surface area contributed by atoms with Gasteiger partial charge in [0.2, 0.25) is 0 Å². The van der Waals surface area contributed by atoms with Gasteiger partial charge in [0.05, 0.1) is 5.02 Å². The number of hydrogen-bond acceptors (Lipinski definition) is 2. The Morgan fingerprint density at radius 2 is 1.44 bits per heavy atom. The molecule has 0 aromatic heterocycles. The minimum Gasteiger partial charge on any atom is -0.282 e. The Bertz CT molecular complexity index is 595. The van der Waals surface area contributed by atoms with Crippen LogP contribution in [0.2, 0.25) is 5.02 Å². The van der Waals surface area contributed by atoms with Crippen LogP contribution >= 0.6 is 11.6 Å². The standard InChI is InChI=1S/C7H8.C6H5ClO3S/c1-7-5-3-2-4-6-7;7-5-3-1-2-4-6(5)11(8,9)10/h2-6H,1H3;1-4H,(H,8,9,10). The van der Waals surface area contributed by atoms with Crippen LogP contribution in [0.5, 0.6) is 0 Å². The van der Waals surface area contributed by atoms with Gasteiger partial charge in [-0.1, -0.05) is 59.6 Å². The molecule has 0 aliphatic carbocycles. The molecule has 2 aromatic rings. The topological polar surface area (TPSA) is 54.4 Å². The molecule has 0 unspecified atom stereocenters. The molecule has 1 N–H and O–H groups in total. The van der Waals surface area contributed by atoms with Gasteiger partial charge >= 0.3 is 0 Å². The first-order valence-electron chi connectivity index (χ1n) is 5.15. The van der Waals surface area contributed by atoms with E-state index in [1.54, 1.807) is 6.07 Å². The summed E-state index contributed by atoms with van der Waals surface area (Å²) >= 11 is 5.47. The molecule has 0 saturated heterocycles. The number of benzene rings is 2. The first-order valence-corrected chi connectivity index (χ1v) is 6.97. The molecular weight excluding hydrogens is 272 g/mol. The van der Waals surface area contributed by atoms with Crippen LogP contribution in [0, 0.1) is 6.92 Å². The van der Waals surface area contributed by atoms with Crippen molar-refractivity contribution in [3.63, 3.8) is 0 Å². The molecule has 0 bridgehead atoms. The molecule has 0 atom stereocenters. The Labute approximate surface area is 112 Å². The van der Waals surface area contributed by atoms with Crippen molar-refractivity contribution in [2.45, 2.75) is 11.8 Å². The monoisotopic (exact) mass is 284 g/mol. The lowest BCUT2D eigenvalue weighted by molar-refractivity contribution is 0.483. The second-order valence-corrected chi connectivity index (χ2v) is 5.36. The third-order valence-corrected chi connectivity index (χ3v) is 3.41. The molecule has 0 saturated carbocycles. The predicted octanol–water partition coefficient (Wildman–Crippen LogP) is 3.58. The number of aryl methyl sites for hydroxylation is 1. The van der Waals surface area contributed by atoms with E-state index in [1.165, 1.54) is 23.8 Å². The van der Waals surface area contributed by atoms with E-state index in [0.29, 0.717) is 0 Å². The van der Waals surface area contributed by atoms with Crippen LogP contribution in [0.4, 0.5) is 0 Å². The van der Waals surface area contributed by atoms with E-state index >= 15 is 0 Å². The van der Waals surface area contributed by atoms with Crippen molar-refractivity contribution in [2.24, 2.45) is 0 Å². The summed E-state index contributed by atoms with van der Waals surface area (Å²) in [7, 11) is -4.17. The van der Waals surface area contributed by atoms with E-state index in [0.717, 1.165) is 0 Å².